The third kappa shape index (κ3) is 6.05. The molecule has 1 aromatic heterocycles. The molecule has 3 rings (SSSR count). The molecule has 1 aliphatic rings. The number of aromatic nitrogens is 1. The number of piperazine rings is 1. The lowest BCUT2D eigenvalue weighted by Crippen LogP contribution is -2.54. The van der Waals surface area contributed by atoms with Gasteiger partial charge >= 0.3 is 0 Å². The van der Waals surface area contributed by atoms with Crippen LogP contribution in [0.1, 0.15) is 16.3 Å². The zero-order valence-corrected chi connectivity index (χ0v) is 19.2. The van der Waals surface area contributed by atoms with E-state index in [9.17, 15) is 4.79 Å². The van der Waals surface area contributed by atoms with Crippen LogP contribution in [0.15, 0.2) is 34.6 Å². The third-order valence-electron chi connectivity index (χ3n) is 4.18. The van der Waals surface area contributed by atoms with Crippen LogP contribution in [0.3, 0.4) is 0 Å². The van der Waals surface area contributed by atoms with Crippen molar-refractivity contribution in [1.29, 1.82) is 0 Å². The summed E-state index contributed by atoms with van der Waals surface area (Å²) in [5.74, 6) is 0.830. The highest BCUT2D eigenvalue weighted by Crippen LogP contribution is 2.14. The van der Waals surface area contributed by atoms with E-state index in [1.807, 2.05) is 46.4 Å². The van der Waals surface area contributed by atoms with Crippen molar-refractivity contribution < 1.29 is 4.79 Å². The molecule has 2 heterocycles. The Kier molecular flexibility index (Phi) is 8.30. The number of nitrogens with one attached hydrogen (secondary N) is 1. The molecule has 27 heavy (non-hydrogen) atoms. The molecule has 146 valence electrons. The molecular formula is C18H23ClIN5OS. The molecule has 1 fully saturated rings. The van der Waals surface area contributed by atoms with E-state index in [-0.39, 0.29) is 29.9 Å². The van der Waals surface area contributed by atoms with Crippen molar-refractivity contribution >= 4 is 58.8 Å². The fourth-order valence-electron chi connectivity index (χ4n) is 2.84. The number of nitrogens with zero attached hydrogens (tertiary/aromatic N) is 4. The number of carbonyl (C=O) groups excluding carboxylic acids is 1. The number of carbonyl (C=O) groups is 1. The van der Waals surface area contributed by atoms with Gasteiger partial charge in [0, 0.05) is 42.8 Å². The first-order valence-corrected chi connectivity index (χ1v) is 9.69. The van der Waals surface area contributed by atoms with E-state index in [0.29, 0.717) is 31.2 Å². The Morgan fingerprint density at radius 3 is 2.67 bits per heavy atom. The molecule has 0 unspecified atom stereocenters. The fraction of sp³-hybridized carbons (Fsp3) is 0.389. The van der Waals surface area contributed by atoms with Crippen molar-refractivity contribution in [3.63, 3.8) is 0 Å². The van der Waals surface area contributed by atoms with Crippen LogP contribution < -0.4 is 5.32 Å². The van der Waals surface area contributed by atoms with Crippen molar-refractivity contribution in [1.82, 2.24) is 20.1 Å². The van der Waals surface area contributed by atoms with E-state index in [4.69, 9.17) is 11.6 Å². The number of rotatable bonds is 4. The van der Waals surface area contributed by atoms with Crippen molar-refractivity contribution in [3.05, 3.63) is 50.9 Å². The molecule has 0 aliphatic carbocycles. The van der Waals surface area contributed by atoms with Crippen LogP contribution in [0, 0.1) is 6.92 Å². The molecule has 6 nitrogen and oxygen atoms in total. The first-order valence-electron chi connectivity index (χ1n) is 8.44. The smallest absolute Gasteiger partial charge is 0.242 e. The summed E-state index contributed by atoms with van der Waals surface area (Å²) in [7, 11) is 1.74. The van der Waals surface area contributed by atoms with Gasteiger partial charge in [-0.15, -0.1) is 35.3 Å². The van der Waals surface area contributed by atoms with Crippen molar-refractivity contribution in [3.8, 4) is 0 Å². The minimum absolute atomic E-state index is 0. The third-order valence-corrected chi connectivity index (χ3v) is 5.40. The highest BCUT2D eigenvalue weighted by atomic mass is 127. The molecule has 1 amide bonds. The van der Waals surface area contributed by atoms with Gasteiger partial charge in [0.15, 0.2) is 5.96 Å². The number of hydrogen-bond acceptors (Lipinski definition) is 4. The monoisotopic (exact) mass is 519 g/mol. The average molecular weight is 520 g/mol. The maximum Gasteiger partial charge on any atom is 0.242 e. The number of amides is 1. The molecule has 2 aromatic rings. The van der Waals surface area contributed by atoms with Crippen LogP contribution in [0.4, 0.5) is 0 Å². The molecule has 0 bridgehead atoms. The topological polar surface area (TPSA) is 60.8 Å². The molecule has 1 aliphatic heterocycles. The zero-order chi connectivity index (χ0) is 18.5. The van der Waals surface area contributed by atoms with Crippen LogP contribution >= 0.6 is 46.9 Å². The van der Waals surface area contributed by atoms with Crippen LogP contribution in [-0.2, 0) is 17.9 Å². The fourth-order valence-corrected chi connectivity index (χ4v) is 3.68. The minimum Gasteiger partial charge on any atom is -0.350 e. The average Bonchev–Trinajstić information content (AvgIpc) is 3.05. The molecule has 9 heteroatoms. The lowest BCUT2D eigenvalue weighted by Gasteiger charge is -2.36. The van der Waals surface area contributed by atoms with E-state index >= 15 is 0 Å². The zero-order valence-electron chi connectivity index (χ0n) is 15.3. The second kappa shape index (κ2) is 10.2. The first-order chi connectivity index (χ1) is 12.5. The Bertz CT molecular complexity index is 795. The summed E-state index contributed by atoms with van der Waals surface area (Å²) >= 11 is 7.54. The molecule has 0 spiro atoms. The summed E-state index contributed by atoms with van der Waals surface area (Å²) in [4.78, 5) is 25.1. The summed E-state index contributed by atoms with van der Waals surface area (Å²) in [6, 6.07) is 7.62. The number of aryl methyl sites for hydroxylation is 1. The maximum atomic E-state index is 12.5. The maximum absolute atomic E-state index is 12.5. The number of thiazole rings is 1. The summed E-state index contributed by atoms with van der Waals surface area (Å²) in [5.41, 5.74) is 2.10. The van der Waals surface area contributed by atoms with Gasteiger partial charge in [-0.2, -0.15) is 0 Å². The van der Waals surface area contributed by atoms with E-state index in [2.05, 4.69) is 15.3 Å². The molecule has 0 saturated carbocycles. The number of hydrogen-bond donors (Lipinski definition) is 1. The lowest BCUT2D eigenvalue weighted by atomic mass is 10.2. The van der Waals surface area contributed by atoms with Gasteiger partial charge < -0.3 is 15.1 Å². The van der Waals surface area contributed by atoms with Gasteiger partial charge in [-0.25, -0.2) is 4.98 Å². The van der Waals surface area contributed by atoms with Crippen LogP contribution in [0.2, 0.25) is 5.02 Å². The summed E-state index contributed by atoms with van der Waals surface area (Å²) in [5, 5.41) is 7.04. The van der Waals surface area contributed by atoms with Gasteiger partial charge in [-0.05, 0) is 24.6 Å². The second-order valence-corrected chi connectivity index (χ2v) is 7.53. The highest BCUT2D eigenvalue weighted by Gasteiger charge is 2.26. The van der Waals surface area contributed by atoms with Crippen molar-refractivity contribution in [2.24, 2.45) is 4.99 Å². The van der Waals surface area contributed by atoms with E-state index in [1.165, 1.54) is 0 Å². The molecule has 0 radical (unpaired) electrons. The Balaban J connectivity index is 0.00000261. The molecule has 0 atom stereocenters. The summed E-state index contributed by atoms with van der Waals surface area (Å²) in [6.45, 7) is 4.94. The second-order valence-electron chi connectivity index (χ2n) is 6.15. The van der Waals surface area contributed by atoms with Gasteiger partial charge in [-0.1, -0.05) is 23.7 Å². The standard InChI is InChI=1S/C18H22ClN5OS.HI/c1-13-12-26-16(22-13)9-21-18(20-2)24-8-7-23(17(25)11-24)10-14-3-5-15(19)6-4-14;/h3-6,12H,7-11H2,1-2H3,(H,20,21);1H. The van der Waals surface area contributed by atoms with Crippen LogP contribution in [0.5, 0.6) is 0 Å². The van der Waals surface area contributed by atoms with Crippen molar-refractivity contribution in [2.45, 2.75) is 20.0 Å². The summed E-state index contributed by atoms with van der Waals surface area (Å²) < 4.78 is 0. The normalized spacial score (nSPS) is 14.9. The first kappa shape index (κ1) is 21.9. The number of halogens is 2. The van der Waals surface area contributed by atoms with Crippen molar-refractivity contribution in [2.75, 3.05) is 26.7 Å². The predicted molar refractivity (Wildman–Crippen MR) is 121 cm³/mol. The minimum atomic E-state index is 0. The van der Waals surface area contributed by atoms with Gasteiger partial charge in [0.25, 0.3) is 0 Å². The number of benzene rings is 1. The number of aliphatic imine (C=N–C) groups is 1. The highest BCUT2D eigenvalue weighted by molar-refractivity contribution is 14.0. The summed E-state index contributed by atoms with van der Waals surface area (Å²) in [6.07, 6.45) is 0. The Morgan fingerprint density at radius 2 is 2.07 bits per heavy atom. The van der Waals surface area contributed by atoms with E-state index in [0.717, 1.165) is 28.8 Å². The van der Waals surface area contributed by atoms with Crippen LogP contribution in [-0.4, -0.2) is 53.3 Å². The Labute approximate surface area is 185 Å². The van der Waals surface area contributed by atoms with Gasteiger partial charge in [-0.3, -0.25) is 9.79 Å². The van der Waals surface area contributed by atoms with E-state index in [1.54, 1.807) is 18.4 Å². The quantitative estimate of drug-likeness (QED) is 0.383. The van der Waals surface area contributed by atoms with Crippen LogP contribution in [0.25, 0.3) is 0 Å². The van der Waals surface area contributed by atoms with Gasteiger partial charge in [0.1, 0.15) is 5.01 Å². The van der Waals surface area contributed by atoms with E-state index < -0.39 is 0 Å². The molecule has 1 N–H and O–H groups in total. The Morgan fingerprint density at radius 1 is 1.33 bits per heavy atom. The lowest BCUT2D eigenvalue weighted by molar-refractivity contribution is -0.135. The molecular weight excluding hydrogens is 497 g/mol. The molecule has 1 aromatic carbocycles. The molecule has 1 saturated heterocycles. The van der Waals surface area contributed by atoms with Gasteiger partial charge in [0.2, 0.25) is 5.91 Å². The Hall–Kier alpha value is -1.39. The van der Waals surface area contributed by atoms with Gasteiger partial charge in [0.05, 0.1) is 13.1 Å². The largest absolute Gasteiger partial charge is 0.350 e. The predicted octanol–water partition coefficient (Wildman–Crippen LogP) is 3.14. The SMILES string of the molecule is CN=C(NCc1nc(C)cs1)N1CCN(Cc2ccc(Cl)cc2)C(=O)C1.I. The number of guanidine groups is 1.